The highest BCUT2D eigenvalue weighted by molar-refractivity contribution is 7.89. The fraction of sp³-hybridized carbons (Fsp3) is 0.273. The van der Waals surface area contributed by atoms with E-state index in [0.29, 0.717) is 0 Å². The Labute approximate surface area is 114 Å². The molecule has 4 N–H and O–H groups in total. The maximum Gasteiger partial charge on any atom is 0.321 e. The van der Waals surface area contributed by atoms with Gasteiger partial charge in [0.15, 0.2) is 0 Å². The van der Waals surface area contributed by atoms with Crippen LogP contribution in [0.3, 0.4) is 0 Å². The summed E-state index contributed by atoms with van der Waals surface area (Å²) in [5, 5.41) is 8.90. The third-order valence-electron chi connectivity index (χ3n) is 2.38. The summed E-state index contributed by atoms with van der Waals surface area (Å²) in [6.45, 7) is 0. The molecule has 0 saturated carbocycles. The number of nitrogens with one attached hydrogen (secondary N) is 1. The first-order valence-electron chi connectivity index (χ1n) is 5.51. The molecule has 1 aromatic rings. The number of rotatable bonds is 7. The van der Waals surface area contributed by atoms with E-state index in [2.05, 4.69) is 0 Å². The fourth-order valence-corrected chi connectivity index (χ4v) is 2.66. The van der Waals surface area contributed by atoms with Crippen molar-refractivity contribution in [2.45, 2.75) is 23.8 Å². The second-order valence-electron chi connectivity index (χ2n) is 3.97. The van der Waals surface area contributed by atoms with Crippen molar-refractivity contribution in [3.63, 3.8) is 0 Å². The zero-order valence-corrected chi connectivity index (χ0v) is 11.1. The number of carboxylic acids is 1. The van der Waals surface area contributed by atoms with Gasteiger partial charge in [-0.15, -0.1) is 0 Å². The van der Waals surface area contributed by atoms with Crippen molar-refractivity contribution in [1.29, 1.82) is 0 Å². The van der Waals surface area contributed by atoms with Crippen LogP contribution in [0.2, 0.25) is 0 Å². The number of sulfonamides is 1. The van der Waals surface area contributed by atoms with E-state index in [1.54, 1.807) is 0 Å². The normalized spacial score (nSPS) is 12.8. The van der Waals surface area contributed by atoms with Crippen molar-refractivity contribution >= 4 is 21.9 Å². The van der Waals surface area contributed by atoms with Crippen molar-refractivity contribution in [2.75, 3.05) is 0 Å². The van der Waals surface area contributed by atoms with Crippen LogP contribution in [0.1, 0.15) is 12.8 Å². The standard InChI is InChI=1S/C11H13FN2O5S/c12-7-2-1-3-8(6-7)20(18,19)14-9(11(16)17)4-5-10(13)15/h1-3,6,9,14H,4-5H2,(H2,13,15)(H,16,17). The van der Waals surface area contributed by atoms with E-state index >= 15 is 0 Å². The van der Waals surface area contributed by atoms with Crippen LogP contribution in [-0.2, 0) is 19.6 Å². The van der Waals surface area contributed by atoms with Crippen LogP contribution in [-0.4, -0.2) is 31.4 Å². The first-order valence-corrected chi connectivity index (χ1v) is 6.99. The number of benzene rings is 1. The van der Waals surface area contributed by atoms with Crippen LogP contribution in [0.15, 0.2) is 29.2 Å². The SMILES string of the molecule is NC(=O)CCC(NS(=O)(=O)c1cccc(F)c1)C(=O)O. The van der Waals surface area contributed by atoms with Gasteiger partial charge in [0.25, 0.3) is 0 Å². The van der Waals surface area contributed by atoms with Crippen molar-refractivity contribution in [2.24, 2.45) is 5.73 Å². The van der Waals surface area contributed by atoms with Gasteiger partial charge < -0.3 is 10.8 Å². The number of carboxylic acid groups (broad SMARTS) is 1. The molecule has 0 heterocycles. The average molecular weight is 304 g/mol. The maximum absolute atomic E-state index is 13.0. The minimum absolute atomic E-state index is 0.289. The third-order valence-corrected chi connectivity index (χ3v) is 3.85. The lowest BCUT2D eigenvalue weighted by molar-refractivity contribution is -0.139. The van der Waals surface area contributed by atoms with Gasteiger partial charge in [-0.25, -0.2) is 12.8 Å². The monoisotopic (exact) mass is 304 g/mol. The Morgan fingerprint density at radius 1 is 1.40 bits per heavy atom. The molecule has 0 aliphatic heterocycles. The lowest BCUT2D eigenvalue weighted by atomic mass is 10.2. The van der Waals surface area contributed by atoms with Crippen molar-refractivity contribution in [3.8, 4) is 0 Å². The van der Waals surface area contributed by atoms with Crippen molar-refractivity contribution in [3.05, 3.63) is 30.1 Å². The zero-order chi connectivity index (χ0) is 15.3. The molecule has 110 valence electrons. The number of carbonyl (C=O) groups excluding carboxylic acids is 1. The van der Waals surface area contributed by atoms with Gasteiger partial charge in [-0.05, 0) is 24.6 Å². The molecule has 7 nitrogen and oxygen atoms in total. The smallest absolute Gasteiger partial charge is 0.321 e. The Bertz CT molecular complexity index is 617. The summed E-state index contributed by atoms with van der Waals surface area (Å²) in [6.07, 6.45) is -0.581. The third kappa shape index (κ3) is 4.59. The predicted molar refractivity (Wildman–Crippen MR) is 66.6 cm³/mol. The fourth-order valence-electron chi connectivity index (χ4n) is 1.41. The largest absolute Gasteiger partial charge is 0.480 e. The molecule has 1 atom stereocenters. The summed E-state index contributed by atoms with van der Waals surface area (Å²) in [4.78, 5) is 21.1. The Morgan fingerprint density at radius 2 is 2.05 bits per heavy atom. The predicted octanol–water partition coefficient (Wildman–Crippen LogP) is -0.177. The van der Waals surface area contributed by atoms with Crippen LogP contribution in [0.4, 0.5) is 4.39 Å². The maximum atomic E-state index is 13.0. The Hall–Kier alpha value is -2.00. The van der Waals surface area contributed by atoms with Crippen molar-refractivity contribution < 1.29 is 27.5 Å². The van der Waals surface area contributed by atoms with Crippen LogP contribution >= 0.6 is 0 Å². The van der Waals surface area contributed by atoms with Crippen molar-refractivity contribution in [1.82, 2.24) is 4.72 Å². The molecule has 0 spiro atoms. The van der Waals surface area contributed by atoms with E-state index in [4.69, 9.17) is 10.8 Å². The molecular formula is C11H13FN2O5S. The lowest BCUT2D eigenvalue weighted by Crippen LogP contribution is -2.41. The number of primary amides is 1. The summed E-state index contributed by atoms with van der Waals surface area (Å²) in [5.41, 5.74) is 4.88. The van der Waals surface area contributed by atoms with E-state index in [1.807, 2.05) is 4.72 Å². The Kier molecular flexibility index (Phi) is 5.17. The molecule has 0 saturated heterocycles. The Balaban J connectivity index is 2.91. The molecule has 0 aliphatic rings. The number of hydrogen-bond acceptors (Lipinski definition) is 4. The van der Waals surface area contributed by atoms with Crippen LogP contribution in [0.5, 0.6) is 0 Å². The summed E-state index contributed by atoms with van der Waals surface area (Å²) < 4.78 is 38.6. The van der Waals surface area contributed by atoms with Gasteiger partial charge in [0.05, 0.1) is 4.90 Å². The average Bonchev–Trinajstić information content (AvgIpc) is 2.34. The van der Waals surface area contributed by atoms with E-state index in [1.165, 1.54) is 6.07 Å². The quantitative estimate of drug-likeness (QED) is 0.644. The number of carbonyl (C=O) groups is 2. The van der Waals surface area contributed by atoms with E-state index < -0.39 is 38.7 Å². The molecule has 1 amide bonds. The first kappa shape index (κ1) is 16.1. The van der Waals surface area contributed by atoms with Gasteiger partial charge >= 0.3 is 5.97 Å². The topological polar surface area (TPSA) is 127 Å². The highest BCUT2D eigenvalue weighted by Crippen LogP contribution is 2.12. The molecule has 0 aliphatic carbocycles. The molecule has 1 aromatic carbocycles. The van der Waals surface area contributed by atoms with Gasteiger partial charge in [-0.3, -0.25) is 9.59 Å². The number of hydrogen-bond donors (Lipinski definition) is 3. The van der Waals surface area contributed by atoms with E-state index in [0.717, 1.165) is 18.2 Å². The number of aliphatic carboxylic acids is 1. The van der Waals surface area contributed by atoms with Crippen LogP contribution < -0.4 is 10.5 Å². The summed E-state index contributed by atoms with van der Waals surface area (Å²) >= 11 is 0. The zero-order valence-electron chi connectivity index (χ0n) is 10.2. The van der Waals surface area contributed by atoms with E-state index in [-0.39, 0.29) is 12.8 Å². The molecule has 1 rings (SSSR count). The second kappa shape index (κ2) is 6.44. The summed E-state index contributed by atoms with van der Waals surface area (Å²) in [5.74, 6) is -2.97. The van der Waals surface area contributed by atoms with Gasteiger partial charge in [0.2, 0.25) is 15.9 Å². The number of halogens is 1. The second-order valence-corrected chi connectivity index (χ2v) is 5.69. The molecule has 20 heavy (non-hydrogen) atoms. The van der Waals surface area contributed by atoms with Gasteiger partial charge in [0, 0.05) is 6.42 Å². The molecular weight excluding hydrogens is 291 g/mol. The number of nitrogens with two attached hydrogens (primary N) is 1. The summed E-state index contributed by atoms with van der Waals surface area (Å²) in [7, 11) is -4.20. The highest BCUT2D eigenvalue weighted by Gasteiger charge is 2.25. The Morgan fingerprint density at radius 3 is 2.55 bits per heavy atom. The van der Waals surface area contributed by atoms with E-state index in [9.17, 15) is 22.4 Å². The molecule has 0 aromatic heterocycles. The molecule has 1 unspecified atom stereocenters. The summed E-state index contributed by atoms with van der Waals surface area (Å²) in [6, 6.07) is 2.60. The molecule has 9 heteroatoms. The van der Waals surface area contributed by atoms with Crippen LogP contribution in [0.25, 0.3) is 0 Å². The molecule has 0 bridgehead atoms. The van der Waals surface area contributed by atoms with Gasteiger partial charge in [-0.2, -0.15) is 4.72 Å². The van der Waals surface area contributed by atoms with Gasteiger partial charge in [-0.1, -0.05) is 6.07 Å². The minimum atomic E-state index is -4.20. The lowest BCUT2D eigenvalue weighted by Gasteiger charge is -2.14. The highest BCUT2D eigenvalue weighted by atomic mass is 32.2. The van der Waals surface area contributed by atoms with Crippen LogP contribution in [0, 0.1) is 5.82 Å². The number of amides is 1. The minimum Gasteiger partial charge on any atom is -0.480 e. The van der Waals surface area contributed by atoms with Gasteiger partial charge in [0.1, 0.15) is 11.9 Å². The molecule has 0 fully saturated rings. The first-order chi connectivity index (χ1) is 9.22. The molecule has 0 radical (unpaired) electrons.